The van der Waals surface area contributed by atoms with Gasteiger partial charge >= 0.3 is 5.97 Å². The Labute approximate surface area is 291 Å². The van der Waals surface area contributed by atoms with E-state index in [0.717, 1.165) is 69.4 Å². The molecular formula is C39H47ClN2O7. The first-order valence-corrected chi connectivity index (χ1v) is 17.4. The van der Waals surface area contributed by atoms with Crippen LogP contribution in [0.3, 0.4) is 0 Å². The van der Waals surface area contributed by atoms with Crippen molar-refractivity contribution in [1.29, 1.82) is 0 Å². The van der Waals surface area contributed by atoms with Crippen molar-refractivity contribution in [2.24, 2.45) is 0 Å². The molecule has 0 radical (unpaired) electrons. The first-order chi connectivity index (χ1) is 22.4. The second-order valence-corrected chi connectivity index (χ2v) is 14.3. The molecule has 0 aliphatic carbocycles. The van der Waals surface area contributed by atoms with Crippen molar-refractivity contribution >= 4 is 28.4 Å². The highest BCUT2D eigenvalue weighted by molar-refractivity contribution is 6.00. The molecule has 0 spiro atoms. The van der Waals surface area contributed by atoms with E-state index in [1.807, 2.05) is 24.3 Å². The Morgan fingerprint density at radius 1 is 0.878 bits per heavy atom. The summed E-state index contributed by atoms with van der Waals surface area (Å²) in [5.41, 5.74) is 8.91. The maximum absolute atomic E-state index is 13.5. The Morgan fingerprint density at radius 3 is 2.18 bits per heavy atom. The lowest BCUT2D eigenvalue weighted by molar-refractivity contribution is -2.00. The van der Waals surface area contributed by atoms with Crippen LogP contribution >= 0.6 is 0 Å². The number of likely N-dealkylation sites (N-methyl/N-ethyl adjacent to an activating group) is 1. The highest BCUT2D eigenvalue weighted by Gasteiger charge is 2.35. The Bertz CT molecular complexity index is 1960. The molecule has 3 aromatic carbocycles. The number of carbonyl (C=O) groups excluding carboxylic acids is 1. The SMILES string of the molecule is C.CCCCOC(=O)c1ccccc1C1=c2cc3c(cc2Oc2cc4c(cc21)C(C)=CC(C)(C)N4)=[N+](CC)C(C)(C)C=C3C.[O-][Cl+3]([O-])([O-])[O-]. The first kappa shape index (κ1) is 37.8. The lowest BCUT2D eigenvalue weighted by Crippen LogP contribution is -2.68. The van der Waals surface area contributed by atoms with Gasteiger partial charge in [-0.1, -0.05) is 45.0 Å². The molecule has 9 nitrogen and oxygen atoms in total. The third-order valence-corrected chi connectivity index (χ3v) is 8.88. The summed E-state index contributed by atoms with van der Waals surface area (Å²) < 4.78 is 48.9. The summed E-state index contributed by atoms with van der Waals surface area (Å²) in [6.07, 6.45) is 6.42. The second-order valence-electron chi connectivity index (χ2n) is 13.5. The van der Waals surface area contributed by atoms with Gasteiger partial charge in [0.15, 0.2) is 5.54 Å². The number of anilines is 1. The fourth-order valence-corrected chi connectivity index (χ4v) is 7.07. The number of allylic oxidation sites excluding steroid dienone is 2. The minimum absolute atomic E-state index is 0. The van der Waals surface area contributed by atoms with Gasteiger partial charge in [-0.25, -0.2) is 28.0 Å². The van der Waals surface area contributed by atoms with Gasteiger partial charge in [0.05, 0.1) is 23.8 Å². The quantitative estimate of drug-likeness (QED) is 0.185. The minimum atomic E-state index is -4.94. The molecule has 0 bridgehead atoms. The zero-order valence-corrected chi connectivity index (χ0v) is 29.5. The summed E-state index contributed by atoms with van der Waals surface area (Å²) in [5, 5.41) is 5.83. The number of halogens is 1. The van der Waals surface area contributed by atoms with Crippen LogP contribution in [0.5, 0.6) is 11.5 Å². The molecule has 3 heterocycles. The molecule has 0 amide bonds. The van der Waals surface area contributed by atoms with Gasteiger partial charge in [-0.3, -0.25) is 0 Å². The van der Waals surface area contributed by atoms with E-state index < -0.39 is 10.2 Å². The standard InChI is InChI=1S/C38H42N2O3.CH4.ClHO4/c1-9-11-16-42-36(41)26-15-13-12-14-25(26)35-29-17-27-23(3)21-37(5,6)39-31(27)19-33(29)43-34-20-32-28(18-30(34)35)24(4)22-38(7,8)40(32)10-2;;2-1(3,4)5/h12-15,17-22H,9-11,16H2,1-8H3;1H4;(H,2,3,4,5). The molecule has 262 valence electrons. The van der Waals surface area contributed by atoms with Crippen molar-refractivity contribution in [3.8, 4) is 11.5 Å². The lowest BCUT2D eigenvalue weighted by Gasteiger charge is -2.33. The number of unbranched alkanes of at least 4 members (excludes halogenated alkanes) is 1. The normalized spacial score (nSPS) is 16.4. The number of hydrogen-bond donors (Lipinski definition) is 1. The number of esters is 1. The molecule has 3 aromatic rings. The van der Waals surface area contributed by atoms with Crippen LogP contribution < -0.4 is 43.8 Å². The maximum Gasteiger partial charge on any atom is 0.338 e. The van der Waals surface area contributed by atoms with Gasteiger partial charge in [0.1, 0.15) is 18.0 Å². The number of carbonyl (C=O) groups is 1. The molecule has 0 aromatic heterocycles. The van der Waals surface area contributed by atoms with Crippen LogP contribution in [0.4, 0.5) is 5.69 Å². The van der Waals surface area contributed by atoms with Gasteiger partial charge in [-0.15, -0.1) is 10.2 Å². The van der Waals surface area contributed by atoms with E-state index in [4.69, 9.17) is 28.1 Å². The van der Waals surface area contributed by atoms with Crippen LogP contribution in [0.2, 0.25) is 0 Å². The van der Waals surface area contributed by atoms with Crippen LogP contribution in [-0.2, 0) is 4.74 Å². The molecular weight excluding hydrogens is 644 g/mol. The number of hydrogen-bond acceptors (Lipinski definition) is 8. The van der Waals surface area contributed by atoms with Crippen LogP contribution in [0.15, 0.2) is 60.7 Å². The van der Waals surface area contributed by atoms with E-state index in [2.05, 4.69) is 102 Å². The fraction of sp³-hybridized carbons (Fsp3) is 0.385. The highest BCUT2D eigenvalue weighted by Crippen LogP contribution is 2.44. The molecule has 10 heteroatoms. The van der Waals surface area contributed by atoms with E-state index in [0.29, 0.717) is 12.2 Å². The summed E-state index contributed by atoms with van der Waals surface area (Å²) in [7, 11) is -4.94. The minimum Gasteiger partial charge on any atom is -0.462 e. The van der Waals surface area contributed by atoms with Crippen molar-refractivity contribution in [2.45, 2.75) is 86.7 Å². The van der Waals surface area contributed by atoms with Crippen LogP contribution in [0, 0.1) is 10.2 Å². The molecule has 6 rings (SSSR count). The van der Waals surface area contributed by atoms with Crippen LogP contribution in [-0.4, -0.2) is 30.2 Å². The predicted octanol–water partition coefficient (Wildman–Crippen LogP) is 3.19. The third kappa shape index (κ3) is 7.92. The van der Waals surface area contributed by atoms with Crippen LogP contribution in [0.25, 0.3) is 16.7 Å². The maximum atomic E-state index is 13.5. The second kappa shape index (κ2) is 14.1. The first-order valence-electron chi connectivity index (χ1n) is 16.2. The van der Waals surface area contributed by atoms with E-state index >= 15 is 0 Å². The zero-order valence-electron chi connectivity index (χ0n) is 28.8. The summed E-state index contributed by atoms with van der Waals surface area (Å²) in [5.74, 6) is 1.27. The Kier molecular flexibility index (Phi) is 10.9. The number of nitrogens with zero attached hydrogens (tertiary/aromatic N) is 1. The number of nitrogens with one attached hydrogen (secondary N) is 1. The fourth-order valence-electron chi connectivity index (χ4n) is 7.07. The average Bonchev–Trinajstić information content (AvgIpc) is 2.97. The van der Waals surface area contributed by atoms with Crippen molar-refractivity contribution < 1.29 is 43.1 Å². The Hall–Kier alpha value is -3.99. The van der Waals surface area contributed by atoms with Gasteiger partial charge in [0, 0.05) is 53.1 Å². The zero-order chi connectivity index (χ0) is 35.2. The van der Waals surface area contributed by atoms with Gasteiger partial charge in [-0.05, 0) is 82.0 Å². The van der Waals surface area contributed by atoms with Gasteiger partial charge < -0.3 is 14.8 Å². The van der Waals surface area contributed by atoms with Gasteiger partial charge in [0.25, 0.3) is 0 Å². The molecule has 0 atom stereocenters. The largest absolute Gasteiger partial charge is 0.462 e. The molecule has 0 unspecified atom stereocenters. The van der Waals surface area contributed by atoms with Crippen LogP contribution in [0.1, 0.15) is 108 Å². The van der Waals surface area contributed by atoms with E-state index in [9.17, 15) is 4.79 Å². The lowest BCUT2D eigenvalue weighted by atomic mass is 9.84. The summed E-state index contributed by atoms with van der Waals surface area (Å²) in [4.78, 5) is 13.5. The molecule has 0 saturated heterocycles. The molecule has 3 aliphatic rings. The monoisotopic (exact) mass is 690 g/mol. The number of ether oxygens (including phenoxy) is 2. The number of benzene rings is 3. The molecule has 0 fully saturated rings. The topological polar surface area (TPSA) is 143 Å². The third-order valence-electron chi connectivity index (χ3n) is 8.88. The molecule has 1 N–H and O–H groups in total. The highest BCUT2D eigenvalue weighted by atomic mass is 35.7. The summed E-state index contributed by atoms with van der Waals surface area (Å²) >= 11 is 0. The predicted molar refractivity (Wildman–Crippen MR) is 183 cm³/mol. The van der Waals surface area contributed by atoms with Crippen molar-refractivity contribution in [1.82, 2.24) is 4.58 Å². The summed E-state index contributed by atoms with van der Waals surface area (Å²) in [6.45, 7) is 18.8. The molecule has 0 saturated carbocycles. The average molecular weight is 691 g/mol. The van der Waals surface area contributed by atoms with E-state index in [1.54, 1.807) is 0 Å². The Balaban J connectivity index is 0.000000841. The molecule has 3 aliphatic heterocycles. The van der Waals surface area contributed by atoms with Crippen molar-refractivity contribution in [3.63, 3.8) is 0 Å². The smallest absolute Gasteiger partial charge is 0.338 e. The van der Waals surface area contributed by atoms with Gasteiger partial charge in [0.2, 0.25) is 5.36 Å². The van der Waals surface area contributed by atoms with Crippen molar-refractivity contribution in [3.05, 3.63) is 99.1 Å². The van der Waals surface area contributed by atoms with E-state index in [-0.39, 0.29) is 24.5 Å². The Morgan fingerprint density at radius 2 is 1.53 bits per heavy atom. The van der Waals surface area contributed by atoms with E-state index in [1.165, 1.54) is 16.7 Å². The molecule has 49 heavy (non-hydrogen) atoms. The summed E-state index contributed by atoms with van der Waals surface area (Å²) in [6, 6.07) is 16.6. The number of fused-ring (bicyclic) bond motifs is 4. The van der Waals surface area contributed by atoms with Gasteiger partial charge in [-0.2, -0.15) is 0 Å². The van der Waals surface area contributed by atoms with Crippen molar-refractivity contribution in [2.75, 3.05) is 18.5 Å². The number of rotatable bonds is 6.